The lowest BCUT2D eigenvalue weighted by Crippen LogP contribution is -2.27. The first-order valence-corrected chi connectivity index (χ1v) is 7.51. The van der Waals surface area contributed by atoms with Crippen LogP contribution < -0.4 is 5.32 Å². The molecule has 0 amide bonds. The number of pyridine rings is 1. The van der Waals surface area contributed by atoms with Gasteiger partial charge in [-0.05, 0) is 31.7 Å². The van der Waals surface area contributed by atoms with E-state index in [0.717, 1.165) is 29.0 Å². The van der Waals surface area contributed by atoms with Crippen molar-refractivity contribution in [1.82, 2.24) is 20.1 Å². The van der Waals surface area contributed by atoms with Crippen molar-refractivity contribution in [2.24, 2.45) is 7.05 Å². The molecule has 0 spiro atoms. The third-order valence-corrected chi connectivity index (χ3v) is 3.82. The first kappa shape index (κ1) is 13.4. The van der Waals surface area contributed by atoms with Crippen LogP contribution >= 0.6 is 11.8 Å². The van der Waals surface area contributed by atoms with Crippen LogP contribution in [0, 0.1) is 6.92 Å². The zero-order valence-electron chi connectivity index (χ0n) is 11.4. The highest BCUT2D eigenvalue weighted by Crippen LogP contribution is 2.16. The Labute approximate surface area is 112 Å². The summed E-state index contributed by atoms with van der Waals surface area (Å²) in [7, 11) is 1.93. The molecule has 5 heteroatoms. The molecule has 0 aliphatic carbocycles. The van der Waals surface area contributed by atoms with Gasteiger partial charge < -0.3 is 5.32 Å². The second-order valence-electron chi connectivity index (χ2n) is 4.66. The summed E-state index contributed by atoms with van der Waals surface area (Å²) in [4.78, 5) is 4.48. The Kier molecular flexibility index (Phi) is 4.24. The summed E-state index contributed by atoms with van der Waals surface area (Å²) in [5, 5.41) is 9.04. The van der Waals surface area contributed by atoms with Gasteiger partial charge in [0.2, 0.25) is 0 Å². The number of aromatic nitrogens is 3. The zero-order valence-corrected chi connectivity index (χ0v) is 12.2. The molecule has 0 aliphatic heterocycles. The summed E-state index contributed by atoms with van der Waals surface area (Å²) in [6.07, 6.45) is 4.06. The van der Waals surface area contributed by atoms with Crippen molar-refractivity contribution >= 4 is 22.8 Å². The lowest BCUT2D eigenvalue weighted by molar-refractivity contribution is 0.595. The molecule has 2 aromatic rings. The normalized spacial score (nSPS) is 13.1. The monoisotopic (exact) mass is 264 g/mol. The third-order valence-electron chi connectivity index (χ3n) is 2.99. The number of thioether (sulfide) groups is 1. The minimum absolute atomic E-state index is 0.519. The summed E-state index contributed by atoms with van der Waals surface area (Å²) in [5.41, 5.74) is 3.21. The predicted octanol–water partition coefficient (Wildman–Crippen LogP) is 2.12. The molecule has 0 aromatic carbocycles. The van der Waals surface area contributed by atoms with Crippen molar-refractivity contribution < 1.29 is 0 Å². The van der Waals surface area contributed by atoms with Crippen LogP contribution in [0.5, 0.6) is 0 Å². The molecule has 1 atom stereocenters. The fourth-order valence-electron chi connectivity index (χ4n) is 2.05. The Morgan fingerprint density at radius 1 is 1.50 bits per heavy atom. The van der Waals surface area contributed by atoms with E-state index < -0.39 is 0 Å². The summed E-state index contributed by atoms with van der Waals surface area (Å²) in [6.45, 7) is 5.09. The van der Waals surface area contributed by atoms with Gasteiger partial charge in [0.05, 0.1) is 5.69 Å². The van der Waals surface area contributed by atoms with E-state index in [4.69, 9.17) is 0 Å². The molecule has 4 nitrogen and oxygen atoms in total. The summed E-state index contributed by atoms with van der Waals surface area (Å²) >= 11 is 1.86. The molecule has 0 fully saturated rings. The van der Waals surface area contributed by atoms with Crippen LogP contribution in [0.25, 0.3) is 11.0 Å². The number of nitrogens with zero attached hydrogens (tertiary/aromatic N) is 3. The van der Waals surface area contributed by atoms with Crippen LogP contribution in [0.3, 0.4) is 0 Å². The Balaban J connectivity index is 2.12. The number of aryl methyl sites for hydroxylation is 2. The first-order chi connectivity index (χ1) is 8.61. The van der Waals surface area contributed by atoms with E-state index in [0.29, 0.717) is 6.04 Å². The quantitative estimate of drug-likeness (QED) is 0.898. The molecule has 2 rings (SSSR count). The standard InChI is InChI=1S/C13H20N4S/c1-9(8-18-4)14-6-11-5-12-10(2)16-17(3)13(12)15-7-11/h5,7,9,14H,6,8H2,1-4H3. The van der Waals surface area contributed by atoms with Gasteiger partial charge in [-0.3, -0.25) is 4.68 Å². The van der Waals surface area contributed by atoms with Gasteiger partial charge in [-0.2, -0.15) is 16.9 Å². The van der Waals surface area contributed by atoms with Crippen LogP contribution in [0.2, 0.25) is 0 Å². The highest BCUT2D eigenvalue weighted by Gasteiger charge is 2.07. The van der Waals surface area contributed by atoms with Gasteiger partial charge in [0.25, 0.3) is 0 Å². The van der Waals surface area contributed by atoms with Crippen LogP contribution in [-0.4, -0.2) is 32.8 Å². The molecule has 0 aliphatic rings. The first-order valence-electron chi connectivity index (χ1n) is 6.12. The van der Waals surface area contributed by atoms with E-state index >= 15 is 0 Å². The topological polar surface area (TPSA) is 42.7 Å². The lowest BCUT2D eigenvalue weighted by Gasteiger charge is -2.12. The van der Waals surface area contributed by atoms with Crippen molar-refractivity contribution in [3.8, 4) is 0 Å². The molecule has 1 unspecified atom stereocenters. The molecule has 1 N–H and O–H groups in total. The SMILES string of the molecule is CSCC(C)NCc1cnc2c(c1)c(C)nn2C. The van der Waals surface area contributed by atoms with Crippen LogP contribution in [0.15, 0.2) is 12.3 Å². The van der Waals surface area contributed by atoms with Gasteiger partial charge in [-0.15, -0.1) is 0 Å². The largest absolute Gasteiger partial charge is 0.309 e. The van der Waals surface area contributed by atoms with Crippen LogP contribution in [-0.2, 0) is 13.6 Å². The van der Waals surface area contributed by atoms with Gasteiger partial charge in [-0.25, -0.2) is 4.98 Å². The van der Waals surface area contributed by atoms with Gasteiger partial charge in [0.1, 0.15) is 0 Å². The molecule has 0 bridgehead atoms. The highest BCUT2D eigenvalue weighted by molar-refractivity contribution is 7.98. The Morgan fingerprint density at radius 3 is 3.00 bits per heavy atom. The highest BCUT2D eigenvalue weighted by atomic mass is 32.2. The van der Waals surface area contributed by atoms with Gasteiger partial charge in [0.15, 0.2) is 5.65 Å². The maximum atomic E-state index is 4.48. The van der Waals surface area contributed by atoms with Gasteiger partial charge in [0, 0.05) is 37.0 Å². The van der Waals surface area contributed by atoms with E-state index in [1.807, 2.05) is 36.6 Å². The average molecular weight is 264 g/mol. The zero-order chi connectivity index (χ0) is 13.1. The van der Waals surface area contributed by atoms with Gasteiger partial charge in [-0.1, -0.05) is 0 Å². The number of hydrogen-bond acceptors (Lipinski definition) is 4. The second-order valence-corrected chi connectivity index (χ2v) is 5.57. The molecular formula is C13H20N4S. The van der Waals surface area contributed by atoms with Crippen LogP contribution in [0.4, 0.5) is 0 Å². The molecule has 98 valence electrons. The van der Waals surface area contributed by atoms with E-state index in [2.05, 4.69) is 34.6 Å². The average Bonchev–Trinajstić information content (AvgIpc) is 2.63. The Hall–Kier alpha value is -1.07. The fraction of sp³-hybridized carbons (Fsp3) is 0.538. The Morgan fingerprint density at radius 2 is 2.28 bits per heavy atom. The minimum Gasteiger partial charge on any atom is -0.309 e. The van der Waals surface area contributed by atoms with E-state index in [-0.39, 0.29) is 0 Å². The fourth-order valence-corrected chi connectivity index (χ4v) is 2.67. The van der Waals surface area contributed by atoms with Crippen molar-refractivity contribution in [3.63, 3.8) is 0 Å². The van der Waals surface area contributed by atoms with Crippen molar-refractivity contribution in [2.45, 2.75) is 26.4 Å². The van der Waals surface area contributed by atoms with E-state index in [1.54, 1.807) is 0 Å². The maximum absolute atomic E-state index is 4.48. The van der Waals surface area contributed by atoms with E-state index in [1.165, 1.54) is 5.56 Å². The van der Waals surface area contributed by atoms with Crippen molar-refractivity contribution in [2.75, 3.05) is 12.0 Å². The number of nitrogens with one attached hydrogen (secondary N) is 1. The maximum Gasteiger partial charge on any atom is 0.157 e. The summed E-state index contributed by atoms with van der Waals surface area (Å²) in [5.74, 6) is 1.13. The smallest absolute Gasteiger partial charge is 0.157 e. The van der Waals surface area contributed by atoms with Crippen molar-refractivity contribution in [1.29, 1.82) is 0 Å². The summed E-state index contributed by atoms with van der Waals surface area (Å²) < 4.78 is 1.83. The molecule has 0 saturated heterocycles. The summed E-state index contributed by atoms with van der Waals surface area (Å²) in [6, 6.07) is 2.70. The minimum atomic E-state index is 0.519. The van der Waals surface area contributed by atoms with Gasteiger partial charge >= 0.3 is 0 Å². The molecule has 2 aromatic heterocycles. The van der Waals surface area contributed by atoms with Crippen LogP contribution in [0.1, 0.15) is 18.2 Å². The molecule has 18 heavy (non-hydrogen) atoms. The number of rotatable bonds is 5. The molecule has 0 radical (unpaired) electrons. The second kappa shape index (κ2) is 5.71. The number of fused-ring (bicyclic) bond motifs is 1. The predicted molar refractivity (Wildman–Crippen MR) is 77.9 cm³/mol. The lowest BCUT2D eigenvalue weighted by atomic mass is 10.2. The number of hydrogen-bond donors (Lipinski definition) is 1. The van der Waals surface area contributed by atoms with E-state index in [9.17, 15) is 0 Å². The molecular weight excluding hydrogens is 244 g/mol. The molecule has 2 heterocycles. The Bertz CT molecular complexity index is 535. The molecule has 0 saturated carbocycles. The third kappa shape index (κ3) is 2.84. The van der Waals surface area contributed by atoms with Crippen molar-refractivity contribution in [3.05, 3.63) is 23.5 Å².